The molecule has 0 saturated carbocycles. The predicted octanol–water partition coefficient (Wildman–Crippen LogP) is 3.72. The van der Waals surface area contributed by atoms with Crippen molar-refractivity contribution < 1.29 is 43.2 Å². The number of carbonyl (C=O) groups excluding carboxylic acids is 3. The fraction of sp³-hybridized carbons (Fsp3) is 0.500. The predicted molar refractivity (Wildman–Crippen MR) is 162 cm³/mol. The molecule has 1 fully saturated rings. The van der Waals surface area contributed by atoms with E-state index >= 15 is 0 Å². The van der Waals surface area contributed by atoms with Gasteiger partial charge in [0.2, 0.25) is 6.10 Å². The van der Waals surface area contributed by atoms with Crippen LogP contribution in [0.3, 0.4) is 0 Å². The summed E-state index contributed by atoms with van der Waals surface area (Å²) >= 11 is 0. The molecule has 45 heavy (non-hydrogen) atoms. The lowest BCUT2D eigenvalue weighted by atomic mass is 9.50. The number of piperidine rings is 1. The average molecular weight is 621 g/mol. The average Bonchev–Trinajstić information content (AvgIpc) is 3.34. The number of carbonyl (C=O) groups is 3. The highest BCUT2D eigenvalue weighted by Gasteiger charge is 2.72. The normalized spacial score (nSPS) is 26.8. The monoisotopic (exact) mass is 620 g/mol. The number of hydrogen-bond donors (Lipinski definition) is 2. The van der Waals surface area contributed by atoms with Crippen LogP contribution in [-0.4, -0.2) is 78.6 Å². The molecule has 6 rings (SSSR count). The molecule has 2 N–H and O–H groups in total. The highest BCUT2D eigenvalue weighted by atomic mass is 16.6. The van der Waals surface area contributed by atoms with Gasteiger partial charge >= 0.3 is 18.0 Å². The molecule has 2 heterocycles. The number of alkyl carbamates (subject to hydrolysis) is 1. The molecule has 240 valence electrons. The quantitative estimate of drug-likeness (QED) is 0.332. The molecule has 2 aliphatic carbocycles. The molecule has 11 heteroatoms. The van der Waals surface area contributed by atoms with E-state index in [0.29, 0.717) is 29.9 Å². The summed E-state index contributed by atoms with van der Waals surface area (Å²) in [5.41, 5.74) is -0.254. The number of rotatable bonds is 8. The molecule has 11 nitrogen and oxygen atoms in total. The van der Waals surface area contributed by atoms with Crippen molar-refractivity contribution >= 4 is 18.0 Å². The van der Waals surface area contributed by atoms with E-state index in [1.807, 2.05) is 19.2 Å². The second-order valence-electron chi connectivity index (χ2n) is 13.2. The van der Waals surface area contributed by atoms with Gasteiger partial charge in [0.1, 0.15) is 11.4 Å². The van der Waals surface area contributed by atoms with Crippen LogP contribution in [-0.2, 0) is 35.6 Å². The molecular weight excluding hydrogens is 580 g/mol. The van der Waals surface area contributed by atoms with Gasteiger partial charge in [-0.2, -0.15) is 0 Å². The number of esters is 2. The SMILES string of the molecule is COc1ccc2c3c1O[C@H]1C(OC(=O)[C@@H](OC(=O)CCNC(=O)OC(C)(C)C)c4ccccc4)=CC[C@@]4(O)[C@H](C2)N(C)CC[C@]314. The third-order valence-electron chi connectivity index (χ3n) is 9.34. The van der Waals surface area contributed by atoms with Gasteiger partial charge in [-0.1, -0.05) is 36.4 Å². The van der Waals surface area contributed by atoms with E-state index in [2.05, 4.69) is 10.2 Å². The summed E-state index contributed by atoms with van der Waals surface area (Å²) in [6.07, 6.45) is 0.232. The Hall–Kier alpha value is -4.09. The minimum absolute atomic E-state index is 0.0372. The number of aliphatic hydroxyl groups is 1. The van der Waals surface area contributed by atoms with Crippen molar-refractivity contribution in [2.45, 2.75) is 81.3 Å². The Balaban J connectivity index is 1.25. The zero-order valence-corrected chi connectivity index (χ0v) is 26.3. The summed E-state index contributed by atoms with van der Waals surface area (Å²) in [6.45, 7) is 5.91. The first-order valence-electron chi connectivity index (χ1n) is 15.3. The van der Waals surface area contributed by atoms with Gasteiger partial charge in [-0.25, -0.2) is 9.59 Å². The molecule has 1 amide bonds. The third-order valence-corrected chi connectivity index (χ3v) is 9.34. The van der Waals surface area contributed by atoms with Crippen LogP contribution in [0, 0.1) is 0 Å². The molecule has 4 aliphatic rings. The molecule has 2 aliphatic heterocycles. The summed E-state index contributed by atoms with van der Waals surface area (Å²) in [5, 5.41) is 15.0. The van der Waals surface area contributed by atoms with Crippen molar-refractivity contribution in [2.75, 3.05) is 27.2 Å². The Kier molecular flexibility index (Phi) is 7.81. The van der Waals surface area contributed by atoms with Crippen molar-refractivity contribution in [1.29, 1.82) is 0 Å². The van der Waals surface area contributed by atoms with Gasteiger partial charge in [-0.3, -0.25) is 4.79 Å². The number of methoxy groups -OCH3 is 1. The van der Waals surface area contributed by atoms with E-state index in [0.717, 1.165) is 17.7 Å². The number of hydrogen-bond acceptors (Lipinski definition) is 10. The highest BCUT2D eigenvalue weighted by molar-refractivity contribution is 5.82. The van der Waals surface area contributed by atoms with Gasteiger partial charge in [-0.05, 0) is 64.9 Å². The first-order valence-corrected chi connectivity index (χ1v) is 15.3. The number of benzene rings is 2. The molecule has 0 aromatic heterocycles. The topological polar surface area (TPSA) is 133 Å². The number of likely N-dealkylation sites (N-methyl/N-ethyl adjacent to an activating group) is 1. The van der Waals surface area contributed by atoms with E-state index in [1.54, 1.807) is 64.3 Å². The molecule has 2 aromatic carbocycles. The van der Waals surface area contributed by atoms with Crippen molar-refractivity contribution in [3.8, 4) is 11.5 Å². The second kappa shape index (κ2) is 11.4. The highest BCUT2D eigenvalue weighted by Crippen LogP contribution is 2.65. The lowest BCUT2D eigenvalue weighted by molar-refractivity contribution is -0.176. The van der Waals surface area contributed by atoms with E-state index in [4.69, 9.17) is 23.7 Å². The van der Waals surface area contributed by atoms with Crippen LogP contribution < -0.4 is 14.8 Å². The van der Waals surface area contributed by atoms with Gasteiger partial charge in [0.25, 0.3) is 0 Å². The molecule has 1 spiro atoms. The van der Waals surface area contributed by atoms with Crippen LogP contribution in [0.4, 0.5) is 4.79 Å². The largest absolute Gasteiger partial charge is 0.493 e. The zero-order chi connectivity index (χ0) is 32.1. The first kappa shape index (κ1) is 30.9. The van der Waals surface area contributed by atoms with Gasteiger partial charge in [-0.15, -0.1) is 0 Å². The van der Waals surface area contributed by atoms with Crippen molar-refractivity contribution in [2.24, 2.45) is 0 Å². The third kappa shape index (κ3) is 5.21. The summed E-state index contributed by atoms with van der Waals surface area (Å²) < 4.78 is 29.1. The Bertz CT molecular complexity index is 1530. The van der Waals surface area contributed by atoms with E-state index in [1.165, 1.54) is 0 Å². The van der Waals surface area contributed by atoms with Crippen LogP contribution in [0.25, 0.3) is 0 Å². The molecule has 5 atom stereocenters. The Morgan fingerprint density at radius 3 is 2.62 bits per heavy atom. The maximum atomic E-state index is 13.9. The fourth-order valence-electron chi connectivity index (χ4n) is 7.41. The minimum Gasteiger partial charge on any atom is -0.493 e. The molecular formula is C34H40N2O9. The summed E-state index contributed by atoms with van der Waals surface area (Å²) in [4.78, 5) is 40.9. The lowest BCUT2D eigenvalue weighted by Gasteiger charge is -2.61. The molecule has 2 bridgehead atoms. The van der Waals surface area contributed by atoms with Crippen molar-refractivity contribution in [1.82, 2.24) is 10.2 Å². The van der Waals surface area contributed by atoms with E-state index in [9.17, 15) is 19.5 Å². The molecule has 0 radical (unpaired) electrons. The minimum atomic E-state index is -1.37. The molecule has 1 saturated heterocycles. The summed E-state index contributed by atoms with van der Waals surface area (Å²) in [5.74, 6) is -0.114. The van der Waals surface area contributed by atoms with Crippen LogP contribution in [0.1, 0.15) is 62.8 Å². The summed E-state index contributed by atoms with van der Waals surface area (Å²) in [6, 6.07) is 12.4. The van der Waals surface area contributed by atoms with Crippen LogP contribution >= 0.6 is 0 Å². The molecule has 2 aromatic rings. The van der Waals surface area contributed by atoms with Gasteiger partial charge in [0, 0.05) is 30.1 Å². The van der Waals surface area contributed by atoms with Crippen LogP contribution in [0.5, 0.6) is 11.5 Å². The molecule has 0 unspecified atom stereocenters. The summed E-state index contributed by atoms with van der Waals surface area (Å²) in [7, 11) is 3.60. The second-order valence-corrected chi connectivity index (χ2v) is 13.2. The maximum Gasteiger partial charge on any atom is 0.407 e. The van der Waals surface area contributed by atoms with Crippen molar-refractivity contribution in [3.05, 3.63) is 71.0 Å². The zero-order valence-electron chi connectivity index (χ0n) is 26.3. The maximum absolute atomic E-state index is 13.9. The van der Waals surface area contributed by atoms with Crippen molar-refractivity contribution in [3.63, 3.8) is 0 Å². The Morgan fingerprint density at radius 1 is 1.16 bits per heavy atom. The first-order chi connectivity index (χ1) is 21.4. The lowest BCUT2D eigenvalue weighted by Crippen LogP contribution is -2.74. The van der Waals surface area contributed by atoms with Crippen LogP contribution in [0.15, 0.2) is 54.3 Å². The number of nitrogens with one attached hydrogen (secondary N) is 1. The number of likely N-dealkylation sites (tertiary alicyclic amines) is 1. The Labute approximate surface area is 262 Å². The smallest absolute Gasteiger partial charge is 0.407 e. The van der Waals surface area contributed by atoms with E-state index in [-0.39, 0.29) is 31.2 Å². The van der Waals surface area contributed by atoms with Crippen LogP contribution in [0.2, 0.25) is 0 Å². The van der Waals surface area contributed by atoms with E-state index < -0.39 is 46.9 Å². The van der Waals surface area contributed by atoms with Gasteiger partial charge in [0.05, 0.1) is 24.5 Å². The Morgan fingerprint density at radius 2 is 1.91 bits per heavy atom. The number of ether oxygens (including phenoxy) is 5. The fourth-order valence-corrected chi connectivity index (χ4v) is 7.41. The standard InChI is InChI=1S/C34H40N2O9/c1-32(2,3)45-31(39)35-17-14-25(37)43-27(20-9-7-6-8-10-20)30(38)42-23-13-15-34(40)24-19-21-11-12-22(41-5)28-26(21)33(34,29(23)44-28)16-18-36(24)4/h6-13,24,27,29,40H,14-19H2,1-5H3,(H,35,39)/t24-,27-,29-,33-,34+/m0/s1. The number of amides is 1. The van der Waals surface area contributed by atoms with Gasteiger partial charge < -0.3 is 39.0 Å². The van der Waals surface area contributed by atoms with Gasteiger partial charge in [0.15, 0.2) is 17.6 Å². The number of nitrogens with zero attached hydrogens (tertiary/aromatic N) is 1.